The lowest BCUT2D eigenvalue weighted by atomic mass is 10.0. The normalized spacial score (nSPS) is 17.9. The Kier molecular flexibility index (Phi) is 5.97. The lowest BCUT2D eigenvalue weighted by Crippen LogP contribution is -2.32. The number of likely N-dealkylation sites (tertiary alicyclic amines) is 1. The first-order valence-electron chi connectivity index (χ1n) is 9.30. The average molecular weight is 343 g/mol. The second-order valence-corrected chi connectivity index (χ2v) is 6.95. The van der Waals surface area contributed by atoms with E-state index in [1.54, 1.807) is 14.0 Å². The maximum atomic E-state index is 10.9. The Morgan fingerprint density at radius 3 is 3.08 bits per heavy atom. The van der Waals surface area contributed by atoms with E-state index in [4.69, 9.17) is 4.74 Å². The molecule has 5 heteroatoms. The fourth-order valence-electron chi connectivity index (χ4n) is 3.83. The number of ether oxygens (including phenoxy) is 1. The molecular weight excluding hydrogens is 314 g/mol. The minimum atomic E-state index is 0.0637. The SMILES string of the molecule is COc1ccc2[nH]cc(C[C@H]3CCCN3CCCCNC(C)=O)c2c1. The third-order valence-corrected chi connectivity index (χ3v) is 5.18. The quantitative estimate of drug-likeness (QED) is 0.724. The van der Waals surface area contributed by atoms with Crippen molar-refractivity contribution >= 4 is 16.8 Å². The molecule has 1 atom stereocenters. The first-order valence-corrected chi connectivity index (χ1v) is 9.30. The molecule has 1 aromatic heterocycles. The number of aromatic amines is 1. The van der Waals surface area contributed by atoms with Gasteiger partial charge in [-0.2, -0.15) is 0 Å². The monoisotopic (exact) mass is 343 g/mol. The summed E-state index contributed by atoms with van der Waals surface area (Å²) in [4.78, 5) is 16.9. The van der Waals surface area contributed by atoms with E-state index < -0.39 is 0 Å². The number of rotatable bonds is 8. The number of methoxy groups -OCH3 is 1. The van der Waals surface area contributed by atoms with E-state index in [-0.39, 0.29) is 5.91 Å². The van der Waals surface area contributed by atoms with Gasteiger partial charge < -0.3 is 19.9 Å². The summed E-state index contributed by atoms with van der Waals surface area (Å²) in [5, 5.41) is 4.15. The van der Waals surface area contributed by atoms with Crippen LogP contribution in [0.3, 0.4) is 0 Å². The van der Waals surface area contributed by atoms with Crippen LogP contribution < -0.4 is 10.1 Å². The molecule has 0 aliphatic carbocycles. The highest BCUT2D eigenvalue weighted by Gasteiger charge is 2.25. The van der Waals surface area contributed by atoms with Gasteiger partial charge >= 0.3 is 0 Å². The van der Waals surface area contributed by atoms with Gasteiger partial charge in [0.05, 0.1) is 7.11 Å². The summed E-state index contributed by atoms with van der Waals surface area (Å²) in [5.41, 5.74) is 2.56. The molecule has 3 rings (SSSR count). The number of carbonyl (C=O) groups excluding carboxylic acids is 1. The number of nitrogens with one attached hydrogen (secondary N) is 2. The van der Waals surface area contributed by atoms with Gasteiger partial charge in [0.25, 0.3) is 0 Å². The van der Waals surface area contributed by atoms with Crippen molar-refractivity contribution in [2.24, 2.45) is 0 Å². The predicted molar refractivity (Wildman–Crippen MR) is 101 cm³/mol. The average Bonchev–Trinajstić information content (AvgIpc) is 3.21. The van der Waals surface area contributed by atoms with Crippen molar-refractivity contribution in [3.63, 3.8) is 0 Å². The van der Waals surface area contributed by atoms with Gasteiger partial charge in [0.1, 0.15) is 5.75 Å². The van der Waals surface area contributed by atoms with Crippen molar-refractivity contribution < 1.29 is 9.53 Å². The molecule has 0 bridgehead atoms. The lowest BCUT2D eigenvalue weighted by molar-refractivity contribution is -0.118. The summed E-state index contributed by atoms with van der Waals surface area (Å²) in [5.74, 6) is 0.975. The number of nitrogens with zero attached hydrogens (tertiary/aromatic N) is 1. The van der Waals surface area contributed by atoms with Crippen LogP contribution in [-0.4, -0.2) is 48.6 Å². The third kappa shape index (κ3) is 4.54. The molecule has 5 nitrogen and oxygen atoms in total. The molecule has 25 heavy (non-hydrogen) atoms. The second-order valence-electron chi connectivity index (χ2n) is 6.95. The minimum Gasteiger partial charge on any atom is -0.497 e. The number of carbonyl (C=O) groups is 1. The number of H-pyrrole nitrogens is 1. The highest BCUT2D eigenvalue weighted by molar-refractivity contribution is 5.84. The Morgan fingerprint density at radius 2 is 2.28 bits per heavy atom. The summed E-state index contributed by atoms with van der Waals surface area (Å²) < 4.78 is 5.38. The largest absolute Gasteiger partial charge is 0.497 e. The number of hydrogen-bond acceptors (Lipinski definition) is 3. The zero-order valence-corrected chi connectivity index (χ0v) is 15.3. The van der Waals surface area contributed by atoms with Crippen molar-refractivity contribution in [1.29, 1.82) is 0 Å². The number of aromatic nitrogens is 1. The number of benzene rings is 1. The van der Waals surface area contributed by atoms with Crippen molar-refractivity contribution in [2.45, 2.75) is 45.1 Å². The lowest BCUT2D eigenvalue weighted by Gasteiger charge is -2.24. The van der Waals surface area contributed by atoms with Crippen LogP contribution in [0.4, 0.5) is 0 Å². The van der Waals surface area contributed by atoms with E-state index in [2.05, 4.69) is 33.5 Å². The van der Waals surface area contributed by atoms with Crippen LogP contribution in [0.1, 0.15) is 38.2 Å². The highest BCUT2D eigenvalue weighted by Crippen LogP contribution is 2.28. The van der Waals surface area contributed by atoms with Crippen LogP contribution in [0, 0.1) is 0 Å². The molecule has 0 spiro atoms. The van der Waals surface area contributed by atoms with Crippen molar-refractivity contribution in [1.82, 2.24) is 15.2 Å². The number of hydrogen-bond donors (Lipinski definition) is 2. The molecule has 0 radical (unpaired) electrons. The summed E-state index contributed by atoms with van der Waals surface area (Å²) in [6.07, 6.45) is 7.96. The van der Waals surface area contributed by atoms with E-state index in [0.29, 0.717) is 6.04 Å². The van der Waals surface area contributed by atoms with Gasteiger partial charge in [-0.1, -0.05) is 0 Å². The smallest absolute Gasteiger partial charge is 0.216 e. The van der Waals surface area contributed by atoms with Crippen molar-refractivity contribution in [3.05, 3.63) is 30.0 Å². The molecule has 1 aromatic carbocycles. The first kappa shape index (κ1) is 17.8. The zero-order valence-electron chi connectivity index (χ0n) is 15.3. The van der Waals surface area contributed by atoms with E-state index in [0.717, 1.165) is 38.1 Å². The van der Waals surface area contributed by atoms with Crippen LogP contribution in [0.2, 0.25) is 0 Å². The number of fused-ring (bicyclic) bond motifs is 1. The molecule has 1 aliphatic rings. The fraction of sp³-hybridized carbons (Fsp3) is 0.550. The maximum Gasteiger partial charge on any atom is 0.216 e. The van der Waals surface area contributed by atoms with Crippen molar-refractivity contribution in [2.75, 3.05) is 26.7 Å². The standard InChI is InChI=1S/C20H29N3O2/c1-15(24)21-9-3-4-10-23-11-5-6-17(23)12-16-14-22-20-8-7-18(25-2)13-19(16)20/h7-8,13-14,17,22H,3-6,9-12H2,1-2H3,(H,21,24)/t17-/m1/s1. The molecule has 136 valence electrons. The Morgan fingerprint density at radius 1 is 1.40 bits per heavy atom. The summed E-state index contributed by atoms with van der Waals surface area (Å²) >= 11 is 0. The van der Waals surface area contributed by atoms with Crippen LogP contribution in [0.15, 0.2) is 24.4 Å². The number of unbranched alkanes of at least 4 members (excludes halogenated alkanes) is 1. The Balaban J connectivity index is 1.57. The predicted octanol–water partition coefficient (Wildman–Crippen LogP) is 3.10. The Bertz CT molecular complexity index is 710. The molecule has 1 aliphatic heterocycles. The van der Waals surface area contributed by atoms with Gasteiger partial charge in [0, 0.05) is 36.6 Å². The van der Waals surface area contributed by atoms with E-state index in [1.165, 1.54) is 35.9 Å². The molecule has 0 saturated carbocycles. The van der Waals surface area contributed by atoms with Gasteiger partial charge in [-0.25, -0.2) is 0 Å². The topological polar surface area (TPSA) is 57.4 Å². The van der Waals surface area contributed by atoms with E-state index in [1.807, 2.05) is 6.07 Å². The minimum absolute atomic E-state index is 0.0637. The Labute approximate surface area is 149 Å². The molecular formula is C20H29N3O2. The van der Waals surface area contributed by atoms with Gasteiger partial charge in [-0.3, -0.25) is 4.79 Å². The van der Waals surface area contributed by atoms with Gasteiger partial charge in [-0.15, -0.1) is 0 Å². The van der Waals surface area contributed by atoms with Crippen LogP contribution in [0.5, 0.6) is 5.75 Å². The molecule has 2 heterocycles. The van der Waals surface area contributed by atoms with Crippen LogP contribution in [-0.2, 0) is 11.2 Å². The van der Waals surface area contributed by atoms with Gasteiger partial charge in [-0.05, 0) is 69.0 Å². The summed E-state index contributed by atoms with van der Waals surface area (Å²) in [6, 6.07) is 6.84. The molecule has 1 amide bonds. The molecule has 1 fully saturated rings. The third-order valence-electron chi connectivity index (χ3n) is 5.18. The zero-order chi connectivity index (χ0) is 17.6. The first-order chi connectivity index (χ1) is 12.2. The summed E-state index contributed by atoms with van der Waals surface area (Å²) in [6.45, 7) is 4.68. The van der Waals surface area contributed by atoms with Crippen LogP contribution in [0.25, 0.3) is 10.9 Å². The van der Waals surface area contributed by atoms with Gasteiger partial charge in [0.15, 0.2) is 0 Å². The maximum absolute atomic E-state index is 10.9. The van der Waals surface area contributed by atoms with Gasteiger partial charge in [0.2, 0.25) is 5.91 Å². The number of amides is 1. The summed E-state index contributed by atoms with van der Waals surface area (Å²) in [7, 11) is 1.72. The van der Waals surface area contributed by atoms with E-state index >= 15 is 0 Å². The molecule has 2 N–H and O–H groups in total. The fourth-order valence-corrected chi connectivity index (χ4v) is 3.83. The van der Waals surface area contributed by atoms with E-state index in [9.17, 15) is 4.79 Å². The molecule has 0 unspecified atom stereocenters. The van der Waals surface area contributed by atoms with Crippen molar-refractivity contribution in [3.8, 4) is 5.75 Å². The highest BCUT2D eigenvalue weighted by atomic mass is 16.5. The van der Waals surface area contributed by atoms with Crippen LogP contribution >= 0.6 is 0 Å². The molecule has 2 aromatic rings. The molecule has 1 saturated heterocycles. The Hall–Kier alpha value is -2.01. The second kappa shape index (κ2) is 8.39.